The Bertz CT molecular complexity index is 380. The van der Waals surface area contributed by atoms with Crippen LogP contribution in [0.25, 0.3) is 0 Å². The molecule has 1 aliphatic rings. The number of aryl methyl sites for hydroxylation is 1. The zero-order chi connectivity index (χ0) is 12.8. The zero-order valence-corrected chi connectivity index (χ0v) is 12.4. The second-order valence-electron chi connectivity index (χ2n) is 4.55. The van der Waals surface area contributed by atoms with Gasteiger partial charge < -0.3 is 10.1 Å². The Kier molecular flexibility index (Phi) is 5.38. The van der Waals surface area contributed by atoms with Crippen LogP contribution in [0.3, 0.4) is 0 Å². The first-order valence-electron chi connectivity index (χ1n) is 6.67. The van der Waals surface area contributed by atoms with Crippen molar-refractivity contribution >= 4 is 21.7 Å². The van der Waals surface area contributed by atoms with Gasteiger partial charge in [0.25, 0.3) is 0 Å². The molecule has 0 spiro atoms. The van der Waals surface area contributed by atoms with Crippen LogP contribution in [0.2, 0.25) is 0 Å². The minimum atomic E-state index is 0.482. The summed E-state index contributed by atoms with van der Waals surface area (Å²) in [6.07, 6.45) is 6.40. The summed E-state index contributed by atoms with van der Waals surface area (Å²) >= 11 is 3.39. The van der Waals surface area contributed by atoms with Crippen molar-refractivity contribution in [3.05, 3.63) is 16.5 Å². The lowest BCUT2D eigenvalue weighted by atomic mass is 10.3. The monoisotopic (exact) mass is 313 g/mol. The standard InChI is InChI=1S/C13H20BrN3O/c1-2-12-16-11(14)9-13(17-12)15-7-8-18-10-5-3-4-6-10/h9-10H,2-8H2,1H3,(H,15,16,17). The van der Waals surface area contributed by atoms with Crippen molar-refractivity contribution < 1.29 is 4.74 Å². The van der Waals surface area contributed by atoms with E-state index in [1.165, 1.54) is 25.7 Å². The van der Waals surface area contributed by atoms with Crippen LogP contribution in [0.4, 0.5) is 5.82 Å². The van der Waals surface area contributed by atoms with Gasteiger partial charge in [-0.1, -0.05) is 19.8 Å². The number of nitrogens with zero attached hydrogens (tertiary/aromatic N) is 2. The number of anilines is 1. The molecular weight excluding hydrogens is 294 g/mol. The molecule has 1 N–H and O–H groups in total. The van der Waals surface area contributed by atoms with Crippen molar-refractivity contribution in [3.63, 3.8) is 0 Å². The van der Waals surface area contributed by atoms with Crippen LogP contribution in [0.5, 0.6) is 0 Å². The van der Waals surface area contributed by atoms with Gasteiger partial charge >= 0.3 is 0 Å². The number of rotatable bonds is 6. The predicted octanol–water partition coefficient (Wildman–Crippen LogP) is 3.17. The van der Waals surface area contributed by atoms with Crippen LogP contribution in [0.1, 0.15) is 38.4 Å². The summed E-state index contributed by atoms with van der Waals surface area (Å²) in [6, 6.07) is 1.90. The fraction of sp³-hybridized carbons (Fsp3) is 0.692. The van der Waals surface area contributed by atoms with Crippen LogP contribution >= 0.6 is 15.9 Å². The van der Waals surface area contributed by atoms with Gasteiger partial charge in [-0.05, 0) is 28.8 Å². The van der Waals surface area contributed by atoms with Crippen molar-refractivity contribution in [1.29, 1.82) is 0 Å². The van der Waals surface area contributed by atoms with E-state index in [2.05, 4.69) is 38.1 Å². The molecule has 4 nitrogen and oxygen atoms in total. The van der Waals surface area contributed by atoms with E-state index in [1.807, 2.05) is 6.07 Å². The highest BCUT2D eigenvalue weighted by Gasteiger charge is 2.14. The average Bonchev–Trinajstić information content (AvgIpc) is 2.87. The second-order valence-corrected chi connectivity index (χ2v) is 5.36. The number of hydrogen-bond donors (Lipinski definition) is 1. The summed E-state index contributed by atoms with van der Waals surface area (Å²) in [4.78, 5) is 8.69. The average molecular weight is 314 g/mol. The third kappa shape index (κ3) is 4.21. The summed E-state index contributed by atoms with van der Waals surface area (Å²) in [6.45, 7) is 3.59. The van der Waals surface area contributed by atoms with Crippen LogP contribution in [0.15, 0.2) is 10.7 Å². The van der Waals surface area contributed by atoms with E-state index in [0.717, 1.165) is 35.8 Å². The Morgan fingerprint density at radius 3 is 2.89 bits per heavy atom. The molecule has 5 heteroatoms. The Morgan fingerprint density at radius 1 is 1.39 bits per heavy atom. The van der Waals surface area contributed by atoms with Crippen molar-refractivity contribution in [2.45, 2.75) is 45.1 Å². The summed E-state index contributed by atoms with van der Waals surface area (Å²) in [5, 5.41) is 3.28. The van der Waals surface area contributed by atoms with Crippen molar-refractivity contribution in [3.8, 4) is 0 Å². The summed E-state index contributed by atoms with van der Waals surface area (Å²) < 4.78 is 6.62. The van der Waals surface area contributed by atoms with Crippen molar-refractivity contribution in [1.82, 2.24) is 9.97 Å². The van der Waals surface area contributed by atoms with Gasteiger partial charge in [0, 0.05) is 19.0 Å². The van der Waals surface area contributed by atoms with Crippen LogP contribution in [-0.4, -0.2) is 29.2 Å². The fourth-order valence-electron chi connectivity index (χ4n) is 2.17. The molecule has 18 heavy (non-hydrogen) atoms. The number of halogens is 1. The maximum atomic E-state index is 5.79. The smallest absolute Gasteiger partial charge is 0.131 e. The highest BCUT2D eigenvalue weighted by Crippen LogP contribution is 2.20. The highest BCUT2D eigenvalue weighted by atomic mass is 79.9. The van der Waals surface area contributed by atoms with E-state index < -0.39 is 0 Å². The molecule has 1 fully saturated rings. The van der Waals surface area contributed by atoms with E-state index in [-0.39, 0.29) is 0 Å². The summed E-state index contributed by atoms with van der Waals surface area (Å²) in [7, 11) is 0. The molecule has 1 aliphatic carbocycles. The van der Waals surface area contributed by atoms with Crippen molar-refractivity contribution in [2.24, 2.45) is 0 Å². The molecule has 0 amide bonds. The number of hydrogen-bond acceptors (Lipinski definition) is 4. The molecule has 1 aromatic rings. The van der Waals surface area contributed by atoms with Gasteiger partial charge in [-0.3, -0.25) is 0 Å². The van der Waals surface area contributed by atoms with Gasteiger partial charge in [-0.2, -0.15) is 0 Å². The molecule has 0 atom stereocenters. The van der Waals surface area contributed by atoms with Gasteiger partial charge in [0.1, 0.15) is 16.2 Å². The number of ether oxygens (including phenoxy) is 1. The normalized spacial score (nSPS) is 16.1. The molecule has 1 heterocycles. The maximum absolute atomic E-state index is 5.79. The topological polar surface area (TPSA) is 47.0 Å². The molecular formula is C13H20BrN3O. The number of aromatic nitrogens is 2. The van der Waals surface area contributed by atoms with Gasteiger partial charge in [0.15, 0.2) is 0 Å². The zero-order valence-electron chi connectivity index (χ0n) is 10.8. The summed E-state index contributed by atoms with van der Waals surface area (Å²) in [5.74, 6) is 1.72. The van der Waals surface area contributed by atoms with E-state index >= 15 is 0 Å². The Balaban J connectivity index is 1.73. The van der Waals surface area contributed by atoms with E-state index in [0.29, 0.717) is 6.10 Å². The quantitative estimate of drug-likeness (QED) is 0.647. The molecule has 0 bridgehead atoms. The molecule has 100 valence electrons. The van der Waals surface area contributed by atoms with Crippen LogP contribution in [-0.2, 0) is 11.2 Å². The molecule has 0 aliphatic heterocycles. The van der Waals surface area contributed by atoms with Gasteiger partial charge in [0.2, 0.25) is 0 Å². The first-order chi connectivity index (χ1) is 8.78. The number of nitrogens with one attached hydrogen (secondary N) is 1. The molecule has 0 radical (unpaired) electrons. The van der Waals surface area contributed by atoms with Gasteiger partial charge in [-0.15, -0.1) is 0 Å². The minimum absolute atomic E-state index is 0.482. The third-order valence-electron chi connectivity index (χ3n) is 3.12. The lowest BCUT2D eigenvalue weighted by Gasteiger charge is -2.12. The molecule has 0 saturated heterocycles. The Morgan fingerprint density at radius 2 is 2.17 bits per heavy atom. The van der Waals surface area contributed by atoms with Crippen molar-refractivity contribution in [2.75, 3.05) is 18.5 Å². The summed E-state index contributed by atoms with van der Waals surface area (Å²) in [5.41, 5.74) is 0. The first kappa shape index (κ1) is 13.7. The third-order valence-corrected chi connectivity index (χ3v) is 3.53. The Hall–Kier alpha value is -0.680. The highest BCUT2D eigenvalue weighted by molar-refractivity contribution is 9.10. The first-order valence-corrected chi connectivity index (χ1v) is 7.46. The minimum Gasteiger partial charge on any atom is -0.376 e. The SMILES string of the molecule is CCc1nc(Br)cc(NCCOC2CCCC2)n1. The molecule has 1 aromatic heterocycles. The lowest BCUT2D eigenvalue weighted by molar-refractivity contribution is 0.0658. The second kappa shape index (κ2) is 7.04. The van der Waals surface area contributed by atoms with Gasteiger partial charge in [0.05, 0.1) is 12.7 Å². The van der Waals surface area contributed by atoms with E-state index in [9.17, 15) is 0 Å². The molecule has 2 rings (SSSR count). The molecule has 0 aromatic carbocycles. The molecule has 1 saturated carbocycles. The fourth-order valence-corrected chi connectivity index (χ4v) is 2.59. The lowest BCUT2D eigenvalue weighted by Crippen LogP contribution is -2.16. The van der Waals surface area contributed by atoms with Crippen LogP contribution < -0.4 is 5.32 Å². The maximum Gasteiger partial charge on any atom is 0.131 e. The van der Waals surface area contributed by atoms with Crippen LogP contribution in [0, 0.1) is 0 Å². The van der Waals surface area contributed by atoms with E-state index in [4.69, 9.17) is 4.74 Å². The Labute approximate surface area is 117 Å². The van der Waals surface area contributed by atoms with Gasteiger partial charge in [-0.25, -0.2) is 9.97 Å². The van der Waals surface area contributed by atoms with E-state index in [1.54, 1.807) is 0 Å². The predicted molar refractivity (Wildman–Crippen MR) is 75.8 cm³/mol. The largest absolute Gasteiger partial charge is 0.376 e. The molecule has 0 unspecified atom stereocenters.